The number of amidine groups is 1. The van der Waals surface area contributed by atoms with E-state index in [4.69, 9.17) is 4.74 Å². The standard InChI is InChI=1S/C22H30N4O2S/c1-22(18-6-9-26(10-7-18)20(27)17-3-2-8-23-13-17)28-14-24-21(29-22)25-19-12-15-4-5-16(19)11-15/h2-3,8,13,15-16,18-19H,4-7,9-12,14H2,1H3,(H,24,25)/t15-,16+,19+,22?/m1/s1. The lowest BCUT2D eigenvalue weighted by Crippen LogP contribution is -2.49. The van der Waals surface area contributed by atoms with E-state index in [0.29, 0.717) is 24.3 Å². The van der Waals surface area contributed by atoms with Crippen LogP contribution in [-0.2, 0) is 4.74 Å². The van der Waals surface area contributed by atoms with Gasteiger partial charge in [0.25, 0.3) is 5.91 Å². The maximum absolute atomic E-state index is 12.7. The van der Waals surface area contributed by atoms with E-state index in [1.165, 1.54) is 25.7 Å². The molecule has 0 radical (unpaired) electrons. The second kappa shape index (κ2) is 7.91. The average molecular weight is 415 g/mol. The summed E-state index contributed by atoms with van der Waals surface area (Å²) in [6.07, 6.45) is 10.7. The molecule has 2 bridgehead atoms. The van der Waals surface area contributed by atoms with Crippen LogP contribution in [0.1, 0.15) is 55.8 Å². The van der Waals surface area contributed by atoms with Gasteiger partial charge in [-0.15, -0.1) is 0 Å². The van der Waals surface area contributed by atoms with Crippen molar-refractivity contribution < 1.29 is 9.53 Å². The van der Waals surface area contributed by atoms with Gasteiger partial charge in [0, 0.05) is 37.4 Å². The van der Waals surface area contributed by atoms with E-state index in [9.17, 15) is 4.79 Å². The molecule has 1 saturated heterocycles. The molecule has 1 amide bonds. The van der Waals surface area contributed by atoms with Crippen LogP contribution < -0.4 is 5.32 Å². The van der Waals surface area contributed by atoms with E-state index in [2.05, 4.69) is 22.2 Å². The molecule has 2 aliphatic heterocycles. The number of aliphatic imine (C=N–C) groups is 1. The van der Waals surface area contributed by atoms with E-state index in [1.807, 2.05) is 17.0 Å². The first-order valence-electron chi connectivity index (χ1n) is 10.9. The smallest absolute Gasteiger partial charge is 0.255 e. The molecular weight excluding hydrogens is 384 g/mol. The first-order chi connectivity index (χ1) is 14.1. The van der Waals surface area contributed by atoms with E-state index in [0.717, 1.165) is 42.9 Å². The molecule has 7 heteroatoms. The molecule has 2 aliphatic carbocycles. The molecule has 0 spiro atoms. The van der Waals surface area contributed by atoms with Crippen LogP contribution in [0.4, 0.5) is 0 Å². The number of nitrogens with zero attached hydrogens (tertiary/aromatic N) is 3. The van der Waals surface area contributed by atoms with Gasteiger partial charge in [-0.25, -0.2) is 4.99 Å². The molecule has 1 unspecified atom stereocenters. The maximum atomic E-state index is 12.7. The summed E-state index contributed by atoms with van der Waals surface area (Å²) in [6.45, 7) is 4.17. The van der Waals surface area contributed by atoms with E-state index in [1.54, 1.807) is 24.2 Å². The highest BCUT2D eigenvalue weighted by molar-refractivity contribution is 8.14. The molecule has 3 fully saturated rings. The normalized spacial score (nSPS) is 34.9. The minimum Gasteiger partial charge on any atom is -0.362 e. The fraction of sp³-hybridized carbons (Fsp3) is 0.682. The van der Waals surface area contributed by atoms with Gasteiger partial charge in [0.1, 0.15) is 11.7 Å². The van der Waals surface area contributed by atoms with Crippen molar-refractivity contribution in [3.8, 4) is 0 Å². The molecule has 2 saturated carbocycles. The number of fused-ring (bicyclic) bond motifs is 2. The van der Waals surface area contributed by atoms with Gasteiger partial charge in [-0.1, -0.05) is 18.2 Å². The van der Waals surface area contributed by atoms with Gasteiger partial charge >= 0.3 is 0 Å². The third-order valence-corrected chi connectivity index (χ3v) is 8.63. The highest BCUT2D eigenvalue weighted by Crippen LogP contribution is 2.46. The summed E-state index contributed by atoms with van der Waals surface area (Å²) in [6, 6.07) is 4.26. The number of hydrogen-bond acceptors (Lipinski definition) is 6. The Morgan fingerprint density at radius 3 is 2.83 bits per heavy atom. The van der Waals surface area contributed by atoms with Crippen molar-refractivity contribution in [3.05, 3.63) is 30.1 Å². The second-order valence-electron chi connectivity index (χ2n) is 9.09. The lowest BCUT2D eigenvalue weighted by molar-refractivity contribution is -0.0201. The summed E-state index contributed by atoms with van der Waals surface area (Å²) in [4.78, 5) is 23.1. The van der Waals surface area contributed by atoms with Gasteiger partial charge < -0.3 is 15.0 Å². The van der Waals surface area contributed by atoms with Crippen LogP contribution in [-0.4, -0.2) is 51.8 Å². The number of carbonyl (C=O) groups excluding carboxylic acids is 1. The monoisotopic (exact) mass is 414 g/mol. The highest BCUT2D eigenvalue weighted by Gasteiger charge is 2.44. The summed E-state index contributed by atoms with van der Waals surface area (Å²) in [5.74, 6) is 2.26. The minimum absolute atomic E-state index is 0.0825. The van der Waals surface area contributed by atoms with Gasteiger partial charge in [-0.3, -0.25) is 9.78 Å². The minimum atomic E-state index is -0.273. The largest absolute Gasteiger partial charge is 0.362 e. The van der Waals surface area contributed by atoms with Crippen LogP contribution in [0.25, 0.3) is 0 Å². The molecule has 1 aromatic rings. The van der Waals surface area contributed by atoms with Gasteiger partial charge in [0.2, 0.25) is 0 Å². The predicted molar refractivity (Wildman–Crippen MR) is 115 cm³/mol. The molecule has 4 atom stereocenters. The van der Waals surface area contributed by atoms with Crippen molar-refractivity contribution in [2.45, 2.75) is 56.4 Å². The number of nitrogens with one attached hydrogen (secondary N) is 1. The number of amides is 1. The number of piperidine rings is 1. The second-order valence-corrected chi connectivity index (χ2v) is 10.5. The van der Waals surface area contributed by atoms with Crippen molar-refractivity contribution in [2.24, 2.45) is 22.7 Å². The van der Waals surface area contributed by atoms with Gasteiger partial charge in [0.15, 0.2) is 5.17 Å². The van der Waals surface area contributed by atoms with Crippen molar-refractivity contribution in [2.75, 3.05) is 19.8 Å². The number of hydrogen-bond donors (Lipinski definition) is 1. The van der Waals surface area contributed by atoms with E-state index in [-0.39, 0.29) is 10.8 Å². The molecule has 0 aromatic carbocycles. The zero-order chi connectivity index (χ0) is 19.8. The number of likely N-dealkylation sites (tertiary alicyclic amines) is 1. The molecule has 4 aliphatic rings. The van der Waals surface area contributed by atoms with Crippen molar-refractivity contribution >= 4 is 22.8 Å². The van der Waals surface area contributed by atoms with Crippen LogP contribution in [0.15, 0.2) is 29.5 Å². The van der Waals surface area contributed by atoms with Gasteiger partial charge in [-0.2, -0.15) is 0 Å². The lowest BCUT2D eigenvalue weighted by Gasteiger charge is -2.43. The fourth-order valence-electron chi connectivity index (χ4n) is 5.61. The third kappa shape index (κ3) is 3.91. The topological polar surface area (TPSA) is 66.8 Å². The SMILES string of the molecule is CC1(C2CCN(C(=O)c3cccnc3)CC2)OCN=C(N[C@H]2C[C@@H]3CC[C@H]2C3)S1. The lowest BCUT2D eigenvalue weighted by atomic mass is 9.91. The highest BCUT2D eigenvalue weighted by atomic mass is 32.2. The Hall–Kier alpha value is -1.60. The zero-order valence-electron chi connectivity index (χ0n) is 17.0. The van der Waals surface area contributed by atoms with Crippen LogP contribution >= 0.6 is 11.8 Å². The van der Waals surface area contributed by atoms with Crippen LogP contribution in [0, 0.1) is 17.8 Å². The number of carbonyl (C=O) groups is 1. The summed E-state index contributed by atoms with van der Waals surface area (Å²) in [7, 11) is 0. The van der Waals surface area contributed by atoms with Gasteiger partial charge in [0.05, 0.1) is 5.56 Å². The Balaban J connectivity index is 1.17. The Kier molecular flexibility index (Phi) is 5.28. The van der Waals surface area contributed by atoms with Crippen molar-refractivity contribution in [3.63, 3.8) is 0 Å². The van der Waals surface area contributed by atoms with Crippen LogP contribution in [0.5, 0.6) is 0 Å². The number of pyridine rings is 1. The molecule has 6 nitrogen and oxygen atoms in total. The summed E-state index contributed by atoms with van der Waals surface area (Å²) in [5.41, 5.74) is 0.671. The number of rotatable bonds is 3. The molecule has 1 N–H and O–H groups in total. The van der Waals surface area contributed by atoms with E-state index < -0.39 is 0 Å². The number of ether oxygens (including phenoxy) is 1. The number of aromatic nitrogens is 1. The summed E-state index contributed by atoms with van der Waals surface area (Å²) in [5, 5.41) is 4.81. The Morgan fingerprint density at radius 2 is 2.14 bits per heavy atom. The van der Waals surface area contributed by atoms with Crippen LogP contribution in [0.2, 0.25) is 0 Å². The number of thioether (sulfide) groups is 1. The third-order valence-electron chi connectivity index (χ3n) is 7.34. The fourth-order valence-corrected chi connectivity index (χ4v) is 6.83. The van der Waals surface area contributed by atoms with Crippen LogP contribution in [0.3, 0.4) is 0 Å². The van der Waals surface area contributed by atoms with Gasteiger partial charge in [-0.05, 0) is 63.0 Å². The predicted octanol–water partition coefficient (Wildman–Crippen LogP) is 3.51. The molecular formula is C22H30N4O2S. The van der Waals surface area contributed by atoms with Crippen molar-refractivity contribution in [1.29, 1.82) is 0 Å². The molecule has 156 valence electrons. The molecule has 5 rings (SSSR count). The first kappa shape index (κ1) is 19.4. The first-order valence-corrected chi connectivity index (χ1v) is 11.8. The molecule has 3 heterocycles. The van der Waals surface area contributed by atoms with E-state index >= 15 is 0 Å². The molecule has 1 aromatic heterocycles. The van der Waals surface area contributed by atoms with Crippen molar-refractivity contribution in [1.82, 2.24) is 15.2 Å². The maximum Gasteiger partial charge on any atom is 0.255 e. The zero-order valence-corrected chi connectivity index (χ0v) is 17.9. The Morgan fingerprint density at radius 1 is 1.28 bits per heavy atom. The summed E-state index contributed by atoms with van der Waals surface area (Å²) < 4.78 is 6.16. The Bertz CT molecular complexity index is 780. The summed E-state index contributed by atoms with van der Waals surface area (Å²) >= 11 is 1.76. The molecule has 29 heavy (non-hydrogen) atoms. The average Bonchev–Trinajstić information content (AvgIpc) is 3.37. The Labute approximate surface area is 176 Å². The quantitative estimate of drug-likeness (QED) is 0.820.